The molecule has 2 aliphatic rings. The molecule has 1 saturated heterocycles. The third kappa shape index (κ3) is 1.47. The van der Waals surface area contributed by atoms with E-state index in [-0.39, 0.29) is 0 Å². The minimum atomic E-state index is 0.620. The first-order valence-corrected chi connectivity index (χ1v) is 5.99. The van der Waals surface area contributed by atoms with Crippen LogP contribution >= 0.6 is 0 Å². The van der Waals surface area contributed by atoms with Crippen LogP contribution in [0.5, 0.6) is 0 Å². The quantitative estimate of drug-likeness (QED) is 0.737. The second-order valence-corrected chi connectivity index (χ2v) is 5.34. The summed E-state index contributed by atoms with van der Waals surface area (Å²) in [6.45, 7) is 2.43. The zero-order valence-electron chi connectivity index (χ0n) is 9.74. The zero-order valence-corrected chi connectivity index (χ0v) is 9.74. The first-order valence-electron chi connectivity index (χ1n) is 5.99. The van der Waals surface area contributed by atoms with Gasteiger partial charge in [-0.2, -0.15) is 0 Å². The molecule has 1 aliphatic carbocycles. The lowest BCUT2D eigenvalue weighted by molar-refractivity contribution is 0.0522. The van der Waals surface area contributed by atoms with Crippen molar-refractivity contribution < 1.29 is 0 Å². The van der Waals surface area contributed by atoms with Crippen LogP contribution in [0.1, 0.15) is 12.8 Å². The monoisotopic (exact) mass is 217 g/mol. The molecule has 3 nitrogen and oxygen atoms in total. The lowest BCUT2D eigenvalue weighted by Gasteiger charge is -2.60. The molecule has 3 rings (SSSR count). The molecule has 1 saturated carbocycles. The summed E-state index contributed by atoms with van der Waals surface area (Å²) < 4.78 is 0. The van der Waals surface area contributed by atoms with Gasteiger partial charge < -0.3 is 16.0 Å². The van der Waals surface area contributed by atoms with Crippen molar-refractivity contribution in [3.8, 4) is 0 Å². The molecule has 0 atom stereocenters. The number of hydrogen-bond donors (Lipinski definition) is 2. The molecule has 1 aromatic carbocycles. The summed E-state index contributed by atoms with van der Waals surface area (Å²) in [5.41, 5.74) is 8.46. The number of anilines is 2. The standard InChI is InChI=1S/C13H19N3/c1-15-11-6-13(7-11)8-16(9-13)12-4-2-10(14)3-5-12/h2-5,11,15H,6-9,14H2,1H3. The van der Waals surface area contributed by atoms with Gasteiger partial charge in [0.2, 0.25) is 0 Å². The lowest BCUT2D eigenvalue weighted by atomic mass is 9.60. The van der Waals surface area contributed by atoms with E-state index in [0.717, 1.165) is 11.7 Å². The van der Waals surface area contributed by atoms with Crippen molar-refractivity contribution >= 4 is 11.4 Å². The van der Waals surface area contributed by atoms with Crippen LogP contribution in [0, 0.1) is 5.41 Å². The number of nitrogens with one attached hydrogen (secondary N) is 1. The number of nitrogens with two attached hydrogens (primary N) is 1. The normalized spacial score (nSPS) is 22.9. The summed E-state index contributed by atoms with van der Waals surface area (Å²) in [6, 6.07) is 8.97. The highest BCUT2D eigenvalue weighted by atomic mass is 15.2. The second-order valence-electron chi connectivity index (χ2n) is 5.34. The number of nitrogens with zero attached hydrogens (tertiary/aromatic N) is 1. The summed E-state index contributed by atoms with van der Waals surface area (Å²) in [5.74, 6) is 0. The molecule has 0 aromatic heterocycles. The van der Waals surface area contributed by atoms with E-state index < -0.39 is 0 Å². The van der Waals surface area contributed by atoms with E-state index in [1.165, 1.54) is 31.6 Å². The Morgan fingerprint density at radius 2 is 1.88 bits per heavy atom. The van der Waals surface area contributed by atoms with Crippen LogP contribution in [0.25, 0.3) is 0 Å². The number of benzene rings is 1. The van der Waals surface area contributed by atoms with E-state index in [1.807, 2.05) is 12.1 Å². The molecule has 3 N–H and O–H groups in total. The minimum absolute atomic E-state index is 0.620. The van der Waals surface area contributed by atoms with Gasteiger partial charge in [-0.25, -0.2) is 0 Å². The molecule has 2 fully saturated rings. The molecule has 1 heterocycles. The van der Waals surface area contributed by atoms with Crippen molar-refractivity contribution in [1.29, 1.82) is 0 Å². The van der Waals surface area contributed by atoms with Crippen molar-refractivity contribution in [3.63, 3.8) is 0 Å². The van der Waals surface area contributed by atoms with Crippen molar-refractivity contribution in [2.45, 2.75) is 18.9 Å². The number of rotatable bonds is 2. The van der Waals surface area contributed by atoms with Gasteiger partial charge in [-0.1, -0.05) is 0 Å². The summed E-state index contributed by atoms with van der Waals surface area (Å²) >= 11 is 0. The van der Waals surface area contributed by atoms with Gasteiger partial charge in [0.15, 0.2) is 0 Å². The van der Waals surface area contributed by atoms with Crippen LogP contribution in [-0.2, 0) is 0 Å². The third-order valence-corrected chi connectivity index (χ3v) is 4.08. The fourth-order valence-corrected chi connectivity index (χ4v) is 3.08. The summed E-state index contributed by atoms with van der Waals surface area (Å²) in [5, 5.41) is 3.35. The Balaban J connectivity index is 1.60. The molecule has 1 spiro atoms. The summed E-state index contributed by atoms with van der Waals surface area (Å²) in [6.07, 6.45) is 2.68. The van der Waals surface area contributed by atoms with Gasteiger partial charge in [-0.05, 0) is 44.2 Å². The van der Waals surface area contributed by atoms with Crippen molar-refractivity contribution in [3.05, 3.63) is 24.3 Å². The largest absolute Gasteiger partial charge is 0.399 e. The minimum Gasteiger partial charge on any atom is -0.399 e. The van der Waals surface area contributed by atoms with E-state index in [9.17, 15) is 0 Å². The topological polar surface area (TPSA) is 41.3 Å². The first-order chi connectivity index (χ1) is 7.71. The highest BCUT2D eigenvalue weighted by molar-refractivity contribution is 5.55. The van der Waals surface area contributed by atoms with Gasteiger partial charge in [0.05, 0.1) is 0 Å². The van der Waals surface area contributed by atoms with Crippen LogP contribution in [0.4, 0.5) is 11.4 Å². The summed E-state index contributed by atoms with van der Waals surface area (Å²) in [7, 11) is 2.06. The maximum Gasteiger partial charge on any atom is 0.0368 e. The van der Waals surface area contributed by atoms with Gasteiger partial charge in [-0.3, -0.25) is 0 Å². The summed E-state index contributed by atoms with van der Waals surface area (Å²) in [4.78, 5) is 2.45. The van der Waals surface area contributed by atoms with Crippen molar-refractivity contribution in [1.82, 2.24) is 5.32 Å². The third-order valence-electron chi connectivity index (χ3n) is 4.08. The fraction of sp³-hybridized carbons (Fsp3) is 0.538. The smallest absolute Gasteiger partial charge is 0.0368 e. The van der Waals surface area contributed by atoms with Crippen LogP contribution in [-0.4, -0.2) is 26.2 Å². The van der Waals surface area contributed by atoms with Crippen molar-refractivity contribution in [2.75, 3.05) is 30.8 Å². The number of hydrogen-bond acceptors (Lipinski definition) is 3. The second kappa shape index (κ2) is 3.39. The average Bonchev–Trinajstić information content (AvgIpc) is 2.17. The predicted molar refractivity (Wildman–Crippen MR) is 67.6 cm³/mol. The molecule has 3 heteroatoms. The molecule has 0 amide bonds. The van der Waals surface area contributed by atoms with E-state index in [1.54, 1.807) is 0 Å². The van der Waals surface area contributed by atoms with E-state index in [4.69, 9.17) is 5.73 Å². The van der Waals surface area contributed by atoms with E-state index >= 15 is 0 Å². The van der Waals surface area contributed by atoms with Gasteiger partial charge in [0, 0.05) is 35.9 Å². The van der Waals surface area contributed by atoms with E-state index in [0.29, 0.717) is 5.41 Å². The maximum absolute atomic E-state index is 5.69. The first kappa shape index (κ1) is 9.97. The molecule has 16 heavy (non-hydrogen) atoms. The van der Waals surface area contributed by atoms with Gasteiger partial charge in [0.25, 0.3) is 0 Å². The van der Waals surface area contributed by atoms with Gasteiger partial charge in [-0.15, -0.1) is 0 Å². The highest BCUT2D eigenvalue weighted by Crippen LogP contribution is 2.49. The molecule has 1 aliphatic heterocycles. The fourth-order valence-electron chi connectivity index (χ4n) is 3.08. The van der Waals surface area contributed by atoms with Crippen molar-refractivity contribution in [2.24, 2.45) is 5.41 Å². The van der Waals surface area contributed by atoms with E-state index in [2.05, 4.69) is 29.4 Å². The van der Waals surface area contributed by atoms with Crippen LogP contribution in [0.3, 0.4) is 0 Å². The Morgan fingerprint density at radius 3 is 2.44 bits per heavy atom. The Kier molecular flexibility index (Phi) is 2.11. The lowest BCUT2D eigenvalue weighted by Crippen LogP contribution is -2.66. The molecule has 0 unspecified atom stereocenters. The molecular weight excluding hydrogens is 198 g/mol. The Labute approximate surface area is 96.6 Å². The molecule has 1 aromatic rings. The average molecular weight is 217 g/mol. The Bertz CT molecular complexity index is 371. The van der Waals surface area contributed by atoms with Gasteiger partial charge >= 0.3 is 0 Å². The van der Waals surface area contributed by atoms with Crippen LogP contribution < -0.4 is 16.0 Å². The molecule has 86 valence electrons. The number of nitrogen functional groups attached to an aromatic ring is 1. The molecule has 0 radical (unpaired) electrons. The SMILES string of the molecule is CNC1CC2(C1)CN(c1ccc(N)cc1)C2. The van der Waals surface area contributed by atoms with Crippen LogP contribution in [0.2, 0.25) is 0 Å². The Hall–Kier alpha value is -1.22. The Morgan fingerprint density at radius 1 is 1.25 bits per heavy atom. The molecule has 0 bridgehead atoms. The van der Waals surface area contributed by atoms with Crippen LogP contribution in [0.15, 0.2) is 24.3 Å². The maximum atomic E-state index is 5.69. The zero-order chi connectivity index (χ0) is 11.2. The van der Waals surface area contributed by atoms with Gasteiger partial charge in [0.1, 0.15) is 0 Å². The molecular formula is C13H19N3. The predicted octanol–water partition coefficient (Wildman–Crippen LogP) is 1.46. The highest BCUT2D eigenvalue weighted by Gasteiger charge is 2.51.